The largest absolute Gasteiger partial charge is 0.493 e. The molecule has 0 spiro atoms. The predicted octanol–water partition coefficient (Wildman–Crippen LogP) is 3.08. The molecule has 0 radical (unpaired) electrons. The Bertz CT molecular complexity index is 448. The smallest absolute Gasteiger partial charge is 0.411 e. The van der Waals surface area contributed by atoms with Gasteiger partial charge in [0.05, 0.1) is 12.7 Å². The minimum Gasteiger partial charge on any atom is -0.493 e. The normalized spacial score (nSPS) is 11.2. The molecule has 0 aliphatic heterocycles. The molecule has 106 valence electrons. The second-order valence-electron chi connectivity index (χ2n) is 3.37. The summed E-state index contributed by atoms with van der Waals surface area (Å²) < 4.78 is 49.7. The lowest BCUT2D eigenvalue weighted by Crippen LogP contribution is -2.19. The zero-order valence-corrected chi connectivity index (χ0v) is 10.5. The fourth-order valence-corrected chi connectivity index (χ4v) is 1.46. The van der Waals surface area contributed by atoms with Crippen molar-refractivity contribution >= 4 is 17.9 Å². The molecule has 0 aliphatic carbocycles. The van der Waals surface area contributed by atoms with Crippen molar-refractivity contribution in [2.45, 2.75) is 6.18 Å². The highest BCUT2D eigenvalue weighted by Crippen LogP contribution is 2.33. The van der Waals surface area contributed by atoms with E-state index in [1.807, 2.05) is 0 Å². The molecule has 8 heteroatoms. The molecule has 0 unspecified atom stereocenters. The van der Waals surface area contributed by atoms with Gasteiger partial charge in [-0.3, -0.25) is 4.79 Å². The predicted molar refractivity (Wildman–Crippen MR) is 60.9 cm³/mol. The van der Waals surface area contributed by atoms with Gasteiger partial charge in [0.15, 0.2) is 24.6 Å². The van der Waals surface area contributed by atoms with Crippen LogP contribution in [0.1, 0.15) is 10.4 Å². The molecule has 0 fully saturated rings. The van der Waals surface area contributed by atoms with Crippen molar-refractivity contribution < 1.29 is 32.2 Å². The average molecular weight is 299 g/mol. The Hall–Kier alpha value is -1.47. The minimum absolute atomic E-state index is 0.0240. The molecule has 0 aromatic heterocycles. The van der Waals surface area contributed by atoms with E-state index >= 15 is 0 Å². The maximum Gasteiger partial charge on any atom is 0.411 e. The van der Waals surface area contributed by atoms with Gasteiger partial charge in [-0.05, 0) is 6.07 Å². The van der Waals surface area contributed by atoms with Crippen LogP contribution in [0.15, 0.2) is 12.1 Å². The van der Waals surface area contributed by atoms with Gasteiger partial charge in [0.25, 0.3) is 0 Å². The molecule has 0 amide bonds. The summed E-state index contributed by atoms with van der Waals surface area (Å²) in [5, 5.41) is 0.238. The van der Waals surface area contributed by atoms with Crippen LogP contribution in [0.5, 0.6) is 11.5 Å². The highest BCUT2D eigenvalue weighted by Gasteiger charge is 2.27. The summed E-state index contributed by atoms with van der Waals surface area (Å²) in [6.07, 6.45) is -3.99. The Morgan fingerprint density at radius 1 is 1.37 bits per heavy atom. The van der Waals surface area contributed by atoms with Crippen LogP contribution in [-0.4, -0.2) is 33.0 Å². The number of carbonyl (C=O) groups excluding carboxylic acids is 1. The fourth-order valence-electron chi connectivity index (χ4n) is 1.24. The zero-order chi connectivity index (χ0) is 14.5. The third-order valence-electron chi connectivity index (χ3n) is 1.95. The quantitative estimate of drug-likeness (QED) is 0.460. The Morgan fingerprint density at radius 2 is 2.05 bits per heavy atom. The van der Waals surface area contributed by atoms with Gasteiger partial charge in [0, 0.05) is 11.1 Å². The van der Waals surface area contributed by atoms with Crippen molar-refractivity contribution in [3.63, 3.8) is 0 Å². The van der Waals surface area contributed by atoms with E-state index in [9.17, 15) is 18.0 Å². The SMILES string of the molecule is COc1cc(Cl)cc(C=O)c1OCOCC(F)(F)F. The fraction of sp³-hybridized carbons (Fsp3) is 0.364. The first-order valence-corrected chi connectivity index (χ1v) is 5.35. The molecule has 1 aromatic carbocycles. The summed E-state index contributed by atoms with van der Waals surface area (Å²) in [6, 6.07) is 2.67. The van der Waals surface area contributed by atoms with Gasteiger partial charge in [0.2, 0.25) is 0 Å². The maximum atomic E-state index is 11.8. The zero-order valence-electron chi connectivity index (χ0n) is 9.79. The number of hydrogen-bond donors (Lipinski definition) is 0. The number of rotatable bonds is 6. The number of ether oxygens (including phenoxy) is 3. The number of aldehydes is 1. The Morgan fingerprint density at radius 3 is 2.58 bits per heavy atom. The average Bonchev–Trinajstić information content (AvgIpc) is 2.33. The van der Waals surface area contributed by atoms with E-state index < -0.39 is 19.6 Å². The van der Waals surface area contributed by atoms with Crippen molar-refractivity contribution in [1.82, 2.24) is 0 Å². The number of methoxy groups -OCH3 is 1. The van der Waals surface area contributed by atoms with Crippen LogP contribution in [0, 0.1) is 0 Å². The number of alkyl halides is 3. The highest BCUT2D eigenvalue weighted by atomic mass is 35.5. The van der Waals surface area contributed by atoms with E-state index in [0.717, 1.165) is 0 Å². The van der Waals surface area contributed by atoms with Crippen LogP contribution in [0.3, 0.4) is 0 Å². The molecule has 0 heterocycles. The van der Waals surface area contributed by atoms with Gasteiger partial charge in [-0.2, -0.15) is 13.2 Å². The molecule has 0 saturated heterocycles. The number of benzene rings is 1. The third kappa shape index (κ3) is 4.96. The maximum absolute atomic E-state index is 11.8. The summed E-state index contributed by atoms with van der Waals surface area (Å²) in [4.78, 5) is 10.8. The second kappa shape index (κ2) is 6.63. The summed E-state index contributed by atoms with van der Waals surface area (Å²) in [7, 11) is 1.31. The van der Waals surface area contributed by atoms with E-state index in [0.29, 0.717) is 6.29 Å². The topological polar surface area (TPSA) is 44.8 Å². The van der Waals surface area contributed by atoms with Gasteiger partial charge in [-0.25, -0.2) is 0 Å². The Kier molecular flexibility index (Phi) is 5.44. The molecular formula is C11H10ClF3O4. The van der Waals surface area contributed by atoms with Crippen molar-refractivity contribution in [2.24, 2.45) is 0 Å². The second-order valence-corrected chi connectivity index (χ2v) is 3.81. The lowest BCUT2D eigenvalue weighted by Gasteiger charge is -2.14. The van der Waals surface area contributed by atoms with Gasteiger partial charge >= 0.3 is 6.18 Å². The molecule has 0 bridgehead atoms. The summed E-state index contributed by atoms with van der Waals surface area (Å²) in [6.45, 7) is -2.11. The van der Waals surface area contributed by atoms with Crippen molar-refractivity contribution in [2.75, 3.05) is 20.5 Å². The first kappa shape index (κ1) is 15.6. The molecule has 0 aliphatic rings. The van der Waals surface area contributed by atoms with Gasteiger partial charge in [0.1, 0.15) is 6.61 Å². The lowest BCUT2D eigenvalue weighted by molar-refractivity contribution is -0.186. The van der Waals surface area contributed by atoms with Crippen molar-refractivity contribution in [3.8, 4) is 11.5 Å². The molecule has 1 rings (SSSR count). The van der Waals surface area contributed by atoms with Gasteiger partial charge in [-0.1, -0.05) is 11.6 Å². The Labute approximate surface area is 112 Å². The first-order chi connectivity index (χ1) is 8.87. The first-order valence-electron chi connectivity index (χ1n) is 4.97. The van der Waals surface area contributed by atoms with Crippen LogP contribution in [0.4, 0.5) is 13.2 Å². The molecule has 1 aromatic rings. The van der Waals surface area contributed by atoms with Crippen LogP contribution < -0.4 is 9.47 Å². The van der Waals surface area contributed by atoms with E-state index in [2.05, 4.69) is 4.74 Å². The monoisotopic (exact) mass is 298 g/mol. The van der Waals surface area contributed by atoms with E-state index in [4.69, 9.17) is 21.1 Å². The summed E-state index contributed by atoms with van der Waals surface area (Å²) in [5.41, 5.74) is 0.0555. The van der Waals surface area contributed by atoms with Crippen molar-refractivity contribution in [3.05, 3.63) is 22.7 Å². The minimum atomic E-state index is -4.44. The molecule has 0 atom stereocenters. The highest BCUT2D eigenvalue weighted by molar-refractivity contribution is 6.31. The standard InChI is InChI=1S/C11H10ClF3O4/c1-17-9-3-8(12)2-7(4-16)10(9)19-6-18-5-11(13,14)15/h2-4H,5-6H2,1H3. The summed E-state index contributed by atoms with van der Waals surface area (Å²) >= 11 is 5.73. The van der Waals surface area contributed by atoms with E-state index in [1.165, 1.54) is 19.2 Å². The molecule has 4 nitrogen and oxygen atoms in total. The number of carbonyl (C=O) groups is 1. The number of hydrogen-bond acceptors (Lipinski definition) is 4. The number of halogens is 4. The van der Waals surface area contributed by atoms with Crippen molar-refractivity contribution in [1.29, 1.82) is 0 Å². The molecule has 0 saturated carbocycles. The van der Waals surface area contributed by atoms with Crippen LogP contribution in [-0.2, 0) is 4.74 Å². The van der Waals surface area contributed by atoms with E-state index in [-0.39, 0.29) is 22.1 Å². The van der Waals surface area contributed by atoms with E-state index in [1.54, 1.807) is 0 Å². The molecule has 19 heavy (non-hydrogen) atoms. The lowest BCUT2D eigenvalue weighted by atomic mass is 10.2. The Balaban J connectivity index is 2.74. The van der Waals surface area contributed by atoms with Gasteiger partial charge < -0.3 is 14.2 Å². The summed E-state index contributed by atoms with van der Waals surface area (Å²) in [5.74, 6) is 0.106. The molecule has 0 N–H and O–H groups in total. The van der Waals surface area contributed by atoms with Gasteiger partial charge in [-0.15, -0.1) is 0 Å². The third-order valence-corrected chi connectivity index (χ3v) is 2.17. The van der Waals surface area contributed by atoms with Crippen LogP contribution in [0.25, 0.3) is 0 Å². The van der Waals surface area contributed by atoms with Crippen LogP contribution >= 0.6 is 11.6 Å². The van der Waals surface area contributed by atoms with Crippen LogP contribution in [0.2, 0.25) is 5.02 Å². The molecular weight excluding hydrogens is 289 g/mol.